The van der Waals surface area contributed by atoms with Crippen LogP contribution in [0.2, 0.25) is 0 Å². The van der Waals surface area contributed by atoms with Crippen molar-refractivity contribution in [1.29, 1.82) is 0 Å². The lowest BCUT2D eigenvalue weighted by molar-refractivity contribution is -0.137. The Bertz CT molecular complexity index is 1360. The van der Waals surface area contributed by atoms with Crippen LogP contribution >= 0.6 is 0 Å². The first kappa shape index (κ1) is 28.2. The molecule has 3 aromatic carbocycles. The van der Waals surface area contributed by atoms with Gasteiger partial charge in [0.15, 0.2) is 0 Å². The molecule has 1 aliphatic rings. The fourth-order valence-corrected chi connectivity index (χ4v) is 3.50. The number of benzene rings is 3. The number of carbonyl (C=O) groups is 2. The Kier molecular flexibility index (Phi) is 8.77. The van der Waals surface area contributed by atoms with Gasteiger partial charge in [0, 0.05) is 39.8 Å². The fraction of sp³-hybridized carbons (Fsp3) is 0.250. The third kappa shape index (κ3) is 7.12. The minimum atomic E-state index is -4.51. The maximum absolute atomic E-state index is 13.0. The molecule has 0 heterocycles. The molecule has 0 radical (unpaired) electrons. The highest BCUT2D eigenvalue weighted by Gasteiger charge is 2.31. The SMILES string of the molecule is CC.Cc1ccc(C(=O)Nc2cccc(C(F)(F)F)c2)cc1Nc1ccc(C(N)=NC(=O)C2CC2)c(N)c1. The van der Waals surface area contributed by atoms with Crippen LogP contribution in [0.5, 0.6) is 0 Å². The molecule has 0 unspecified atom stereocenters. The predicted octanol–water partition coefficient (Wildman–Crippen LogP) is 6.26. The Hall–Kier alpha value is -4.34. The van der Waals surface area contributed by atoms with Gasteiger partial charge in [-0.05, 0) is 73.9 Å². The largest absolute Gasteiger partial charge is 0.416 e. The standard InChI is InChI=1S/C26H24F3N5O2.C2H6/c1-14-5-6-16(25(36)33-18-4-2-3-17(12-18)26(27,28)29)11-22(14)32-19-9-10-20(21(30)13-19)23(31)34-24(35)15-7-8-15;1-2/h2-6,9-13,15,32H,7-8,30H2,1H3,(H,33,36)(H2,31,34,35);1-2H3. The summed E-state index contributed by atoms with van der Waals surface area (Å²) in [5, 5.41) is 5.68. The molecular weight excluding hydrogens is 495 g/mol. The normalized spacial score (nSPS) is 13.3. The van der Waals surface area contributed by atoms with Crippen molar-refractivity contribution in [2.75, 3.05) is 16.4 Å². The second-order valence-corrected chi connectivity index (χ2v) is 8.60. The van der Waals surface area contributed by atoms with Gasteiger partial charge in [0.25, 0.3) is 11.8 Å². The van der Waals surface area contributed by atoms with Crippen molar-refractivity contribution in [3.8, 4) is 0 Å². The molecule has 0 saturated heterocycles. The summed E-state index contributed by atoms with van der Waals surface area (Å²) in [5.74, 6) is -0.798. The second-order valence-electron chi connectivity index (χ2n) is 8.60. The summed E-state index contributed by atoms with van der Waals surface area (Å²) in [6, 6.07) is 14.3. The number of hydrogen-bond donors (Lipinski definition) is 4. The van der Waals surface area contributed by atoms with E-state index in [4.69, 9.17) is 11.5 Å². The molecule has 0 atom stereocenters. The van der Waals surface area contributed by atoms with Gasteiger partial charge in [0.2, 0.25) is 0 Å². The van der Waals surface area contributed by atoms with Crippen molar-refractivity contribution in [3.63, 3.8) is 0 Å². The van der Waals surface area contributed by atoms with Gasteiger partial charge in [-0.2, -0.15) is 18.2 Å². The van der Waals surface area contributed by atoms with Crippen LogP contribution in [-0.2, 0) is 11.0 Å². The second kappa shape index (κ2) is 11.8. The molecule has 4 rings (SSSR count). The summed E-state index contributed by atoms with van der Waals surface area (Å²) in [6.07, 6.45) is -2.86. The zero-order valence-corrected chi connectivity index (χ0v) is 21.3. The summed E-state index contributed by atoms with van der Waals surface area (Å²) in [7, 11) is 0. The summed E-state index contributed by atoms with van der Waals surface area (Å²) in [5.41, 5.74) is 14.3. The molecule has 6 N–H and O–H groups in total. The number of nitrogens with two attached hydrogens (primary N) is 2. The van der Waals surface area contributed by atoms with Crippen LogP contribution in [0.4, 0.5) is 35.9 Å². The smallest absolute Gasteiger partial charge is 0.398 e. The summed E-state index contributed by atoms with van der Waals surface area (Å²) in [4.78, 5) is 28.5. The number of nitrogens with one attached hydrogen (secondary N) is 2. The third-order valence-electron chi connectivity index (χ3n) is 5.71. The number of anilines is 4. The van der Waals surface area contributed by atoms with Gasteiger partial charge in [-0.25, -0.2) is 0 Å². The Labute approximate surface area is 219 Å². The molecule has 2 amide bonds. The summed E-state index contributed by atoms with van der Waals surface area (Å²) in [6.45, 7) is 5.84. The van der Waals surface area contributed by atoms with E-state index < -0.39 is 17.6 Å². The molecule has 3 aromatic rings. The molecular formula is C28H30F3N5O2. The van der Waals surface area contributed by atoms with Crippen LogP contribution in [0, 0.1) is 12.8 Å². The lowest BCUT2D eigenvalue weighted by atomic mass is 10.1. The number of aryl methyl sites for hydroxylation is 1. The first-order valence-electron chi connectivity index (χ1n) is 12.2. The Morgan fingerprint density at radius 3 is 2.32 bits per heavy atom. The minimum absolute atomic E-state index is 0.0349. The summed E-state index contributed by atoms with van der Waals surface area (Å²) < 4.78 is 38.9. The van der Waals surface area contributed by atoms with E-state index in [0.29, 0.717) is 22.6 Å². The van der Waals surface area contributed by atoms with Gasteiger partial charge in [-0.15, -0.1) is 0 Å². The molecule has 0 aromatic heterocycles. The topological polar surface area (TPSA) is 123 Å². The zero-order chi connectivity index (χ0) is 28.0. The maximum Gasteiger partial charge on any atom is 0.416 e. The van der Waals surface area contributed by atoms with Gasteiger partial charge in [0.05, 0.1) is 5.56 Å². The number of halogens is 3. The highest BCUT2D eigenvalue weighted by molar-refractivity contribution is 6.08. The molecule has 38 heavy (non-hydrogen) atoms. The number of nitrogens with zero attached hydrogens (tertiary/aromatic N) is 1. The van der Waals surface area contributed by atoms with Crippen molar-refractivity contribution in [2.45, 2.75) is 39.8 Å². The van der Waals surface area contributed by atoms with Crippen LogP contribution in [0.25, 0.3) is 0 Å². The number of amides is 2. The van der Waals surface area contributed by atoms with E-state index in [1.54, 1.807) is 36.4 Å². The van der Waals surface area contributed by atoms with Gasteiger partial charge in [0.1, 0.15) is 5.84 Å². The van der Waals surface area contributed by atoms with Crippen LogP contribution < -0.4 is 22.1 Å². The number of amidine groups is 1. The number of carbonyl (C=O) groups excluding carboxylic acids is 2. The molecule has 1 aliphatic carbocycles. The quantitative estimate of drug-likeness (QED) is 0.172. The molecule has 0 aliphatic heterocycles. The highest BCUT2D eigenvalue weighted by Crippen LogP contribution is 2.32. The predicted molar refractivity (Wildman–Crippen MR) is 145 cm³/mol. The van der Waals surface area contributed by atoms with Crippen LogP contribution in [0.3, 0.4) is 0 Å². The Balaban J connectivity index is 0.00000195. The van der Waals surface area contributed by atoms with Gasteiger partial charge < -0.3 is 22.1 Å². The minimum Gasteiger partial charge on any atom is -0.398 e. The lowest BCUT2D eigenvalue weighted by Crippen LogP contribution is -2.18. The molecule has 0 spiro atoms. The van der Waals surface area contributed by atoms with E-state index in [9.17, 15) is 22.8 Å². The number of nitrogen functional groups attached to an aromatic ring is 1. The molecule has 0 bridgehead atoms. The van der Waals surface area contributed by atoms with Crippen molar-refractivity contribution >= 4 is 40.4 Å². The fourth-order valence-electron chi connectivity index (χ4n) is 3.50. The van der Waals surface area contributed by atoms with Crippen molar-refractivity contribution in [3.05, 3.63) is 82.9 Å². The molecule has 7 nitrogen and oxygen atoms in total. The maximum atomic E-state index is 13.0. The molecule has 1 saturated carbocycles. The van der Waals surface area contributed by atoms with Crippen molar-refractivity contribution in [1.82, 2.24) is 0 Å². The summed E-state index contributed by atoms with van der Waals surface area (Å²) >= 11 is 0. The highest BCUT2D eigenvalue weighted by atomic mass is 19.4. The van der Waals surface area contributed by atoms with Gasteiger partial charge >= 0.3 is 6.18 Å². The number of aliphatic imine (C=N–C) groups is 1. The first-order valence-corrected chi connectivity index (χ1v) is 12.2. The van der Waals surface area contributed by atoms with E-state index in [1.165, 1.54) is 12.1 Å². The van der Waals surface area contributed by atoms with Crippen molar-refractivity contribution in [2.24, 2.45) is 16.6 Å². The molecule has 1 fully saturated rings. The van der Waals surface area contributed by atoms with E-state index in [-0.39, 0.29) is 28.9 Å². The Morgan fingerprint density at radius 2 is 1.68 bits per heavy atom. The monoisotopic (exact) mass is 525 g/mol. The molecule has 200 valence electrons. The molecule has 10 heteroatoms. The number of hydrogen-bond acceptors (Lipinski definition) is 4. The third-order valence-corrected chi connectivity index (χ3v) is 5.71. The van der Waals surface area contributed by atoms with E-state index in [1.807, 2.05) is 20.8 Å². The van der Waals surface area contributed by atoms with E-state index in [0.717, 1.165) is 30.5 Å². The Morgan fingerprint density at radius 1 is 0.974 bits per heavy atom. The van der Waals surface area contributed by atoms with Gasteiger partial charge in [-0.3, -0.25) is 9.59 Å². The number of rotatable bonds is 6. The van der Waals surface area contributed by atoms with Crippen molar-refractivity contribution < 1.29 is 22.8 Å². The van der Waals surface area contributed by atoms with Crippen LogP contribution in [0.1, 0.15) is 53.7 Å². The van der Waals surface area contributed by atoms with Crippen LogP contribution in [-0.4, -0.2) is 17.6 Å². The zero-order valence-electron chi connectivity index (χ0n) is 21.3. The first-order chi connectivity index (χ1) is 18.0. The van der Waals surface area contributed by atoms with Crippen LogP contribution in [0.15, 0.2) is 65.7 Å². The van der Waals surface area contributed by atoms with E-state index >= 15 is 0 Å². The lowest BCUT2D eigenvalue weighted by Gasteiger charge is -2.14. The average Bonchev–Trinajstić information content (AvgIpc) is 3.72. The van der Waals surface area contributed by atoms with Gasteiger partial charge in [-0.1, -0.05) is 26.0 Å². The average molecular weight is 526 g/mol. The number of alkyl halides is 3. The van der Waals surface area contributed by atoms with E-state index in [2.05, 4.69) is 15.6 Å².